The first-order chi connectivity index (χ1) is 8.75. The summed E-state index contributed by atoms with van der Waals surface area (Å²) in [6, 6.07) is 2.93. The lowest BCUT2D eigenvalue weighted by atomic mass is 10.1. The number of amides is 2. The smallest absolute Gasteiger partial charge is 0.328 e. The lowest BCUT2D eigenvalue weighted by molar-refractivity contribution is -0.137. The van der Waals surface area contributed by atoms with Crippen LogP contribution < -0.4 is 5.32 Å². The van der Waals surface area contributed by atoms with Crippen molar-refractivity contribution in [3.63, 3.8) is 0 Å². The third-order valence-corrected chi connectivity index (χ3v) is 2.70. The number of nitrogens with zero attached hydrogens (tertiary/aromatic N) is 1. The molecule has 0 radical (unpaired) electrons. The predicted octanol–water partition coefficient (Wildman–Crippen LogP) is 3.89. The molecule has 0 atom stereocenters. The van der Waals surface area contributed by atoms with Gasteiger partial charge in [-0.3, -0.25) is 0 Å². The Morgan fingerprint density at radius 2 is 2.00 bits per heavy atom. The number of hydrogen-bond donors (Lipinski definition) is 1. The molecule has 106 valence electrons. The van der Waals surface area contributed by atoms with Gasteiger partial charge < -0.3 is 10.2 Å². The number of nitrogens with one attached hydrogen (secondary N) is 1. The van der Waals surface area contributed by atoms with Gasteiger partial charge in [-0.15, -0.1) is 0 Å². The van der Waals surface area contributed by atoms with E-state index < -0.39 is 11.7 Å². The SMILES string of the molecule is CCCN(C)C(=O)Nc1ccc(C(F)(F)F)cc1C. The first-order valence-corrected chi connectivity index (χ1v) is 5.95. The molecule has 0 aromatic heterocycles. The van der Waals surface area contributed by atoms with E-state index in [2.05, 4.69) is 5.32 Å². The maximum absolute atomic E-state index is 12.5. The zero-order valence-corrected chi connectivity index (χ0v) is 11.1. The summed E-state index contributed by atoms with van der Waals surface area (Å²) >= 11 is 0. The quantitative estimate of drug-likeness (QED) is 0.891. The number of alkyl halides is 3. The fourth-order valence-corrected chi connectivity index (χ4v) is 1.63. The molecule has 0 aliphatic carbocycles. The van der Waals surface area contributed by atoms with Crippen molar-refractivity contribution in [1.82, 2.24) is 4.90 Å². The Hall–Kier alpha value is -1.72. The van der Waals surface area contributed by atoms with E-state index in [1.807, 2.05) is 6.92 Å². The average molecular weight is 274 g/mol. The van der Waals surface area contributed by atoms with Crippen molar-refractivity contribution in [2.45, 2.75) is 26.4 Å². The summed E-state index contributed by atoms with van der Waals surface area (Å²) in [6.45, 7) is 4.06. The average Bonchev–Trinajstić information content (AvgIpc) is 2.30. The van der Waals surface area contributed by atoms with Crippen LogP contribution in [0.4, 0.5) is 23.7 Å². The Labute approximate surface area is 110 Å². The lowest BCUT2D eigenvalue weighted by Gasteiger charge is -2.18. The number of halogens is 3. The number of urea groups is 1. The van der Waals surface area contributed by atoms with Crippen molar-refractivity contribution in [1.29, 1.82) is 0 Å². The van der Waals surface area contributed by atoms with E-state index in [1.165, 1.54) is 17.9 Å². The molecule has 0 unspecified atom stereocenters. The summed E-state index contributed by atoms with van der Waals surface area (Å²) in [5.41, 5.74) is 0.0546. The fraction of sp³-hybridized carbons (Fsp3) is 0.462. The number of carbonyl (C=O) groups excluding carboxylic acids is 1. The third kappa shape index (κ3) is 4.15. The highest BCUT2D eigenvalue weighted by atomic mass is 19.4. The Kier molecular flexibility index (Phi) is 4.80. The monoisotopic (exact) mass is 274 g/mol. The van der Waals surface area contributed by atoms with Gasteiger partial charge in [-0.05, 0) is 37.1 Å². The van der Waals surface area contributed by atoms with Gasteiger partial charge in [0.15, 0.2) is 0 Å². The van der Waals surface area contributed by atoms with Crippen LogP contribution in [0.5, 0.6) is 0 Å². The Balaban J connectivity index is 2.84. The van der Waals surface area contributed by atoms with Gasteiger partial charge in [-0.2, -0.15) is 13.2 Å². The standard InChI is InChI=1S/C13H17F3N2O/c1-4-7-18(3)12(19)17-11-6-5-10(8-9(11)2)13(14,15)16/h5-6,8H,4,7H2,1-3H3,(H,17,19). The van der Waals surface area contributed by atoms with Crippen molar-refractivity contribution < 1.29 is 18.0 Å². The van der Waals surface area contributed by atoms with Gasteiger partial charge in [0.05, 0.1) is 5.56 Å². The number of rotatable bonds is 3. The molecule has 0 fully saturated rings. The van der Waals surface area contributed by atoms with E-state index in [0.717, 1.165) is 18.6 Å². The Morgan fingerprint density at radius 3 is 2.47 bits per heavy atom. The summed E-state index contributed by atoms with van der Waals surface area (Å²) in [5, 5.41) is 2.59. The number of benzene rings is 1. The molecule has 0 aliphatic heterocycles. The van der Waals surface area contributed by atoms with Crippen LogP contribution in [-0.2, 0) is 6.18 Å². The van der Waals surface area contributed by atoms with Crippen LogP contribution in [0.1, 0.15) is 24.5 Å². The van der Waals surface area contributed by atoms with E-state index in [-0.39, 0.29) is 6.03 Å². The van der Waals surface area contributed by atoms with Crippen LogP contribution in [0.15, 0.2) is 18.2 Å². The molecular weight excluding hydrogens is 257 g/mol. The van der Waals surface area contributed by atoms with Crippen LogP contribution in [0, 0.1) is 6.92 Å². The Bertz CT molecular complexity index is 458. The summed E-state index contributed by atoms with van der Waals surface area (Å²) in [7, 11) is 1.64. The highest BCUT2D eigenvalue weighted by molar-refractivity contribution is 5.90. The second-order valence-electron chi connectivity index (χ2n) is 4.38. The molecule has 2 amide bonds. The zero-order valence-electron chi connectivity index (χ0n) is 11.1. The van der Waals surface area contributed by atoms with Crippen molar-refractivity contribution in [3.05, 3.63) is 29.3 Å². The minimum absolute atomic E-state index is 0.329. The highest BCUT2D eigenvalue weighted by Crippen LogP contribution is 2.31. The van der Waals surface area contributed by atoms with Crippen molar-refractivity contribution in [2.24, 2.45) is 0 Å². The van der Waals surface area contributed by atoms with Gasteiger partial charge in [0.1, 0.15) is 0 Å². The molecule has 6 heteroatoms. The van der Waals surface area contributed by atoms with Gasteiger partial charge in [-0.1, -0.05) is 6.92 Å². The fourth-order valence-electron chi connectivity index (χ4n) is 1.63. The molecule has 1 aromatic rings. The van der Waals surface area contributed by atoms with E-state index in [1.54, 1.807) is 7.05 Å². The maximum Gasteiger partial charge on any atom is 0.416 e. The third-order valence-electron chi connectivity index (χ3n) is 2.70. The molecule has 0 bridgehead atoms. The van der Waals surface area contributed by atoms with Crippen LogP contribution in [0.25, 0.3) is 0 Å². The van der Waals surface area contributed by atoms with E-state index in [9.17, 15) is 18.0 Å². The number of hydrogen-bond acceptors (Lipinski definition) is 1. The predicted molar refractivity (Wildman–Crippen MR) is 68.1 cm³/mol. The van der Waals surface area contributed by atoms with Gasteiger partial charge in [0.2, 0.25) is 0 Å². The van der Waals surface area contributed by atoms with Crippen LogP contribution in [0.2, 0.25) is 0 Å². The summed E-state index contributed by atoms with van der Waals surface area (Å²) < 4.78 is 37.5. The molecule has 0 saturated carbocycles. The molecule has 0 heterocycles. The van der Waals surface area contributed by atoms with Crippen molar-refractivity contribution in [3.8, 4) is 0 Å². The summed E-state index contributed by atoms with van der Waals surface area (Å²) in [4.78, 5) is 13.2. The van der Waals surface area contributed by atoms with E-state index >= 15 is 0 Å². The van der Waals surface area contributed by atoms with E-state index in [0.29, 0.717) is 17.8 Å². The molecule has 1 N–H and O–H groups in total. The summed E-state index contributed by atoms with van der Waals surface area (Å²) in [5.74, 6) is 0. The lowest BCUT2D eigenvalue weighted by Crippen LogP contribution is -2.32. The molecule has 3 nitrogen and oxygen atoms in total. The number of aryl methyl sites for hydroxylation is 1. The van der Waals surface area contributed by atoms with Gasteiger partial charge in [0.25, 0.3) is 0 Å². The second-order valence-corrected chi connectivity index (χ2v) is 4.38. The molecule has 0 saturated heterocycles. The minimum atomic E-state index is -4.37. The minimum Gasteiger partial charge on any atom is -0.328 e. The molecule has 1 rings (SSSR count). The molecular formula is C13H17F3N2O. The van der Waals surface area contributed by atoms with Gasteiger partial charge >= 0.3 is 12.2 Å². The molecule has 19 heavy (non-hydrogen) atoms. The number of carbonyl (C=O) groups is 1. The largest absolute Gasteiger partial charge is 0.416 e. The van der Waals surface area contributed by atoms with Gasteiger partial charge in [-0.25, -0.2) is 4.79 Å². The highest BCUT2D eigenvalue weighted by Gasteiger charge is 2.30. The van der Waals surface area contributed by atoms with Gasteiger partial charge in [0, 0.05) is 19.3 Å². The first-order valence-electron chi connectivity index (χ1n) is 5.95. The van der Waals surface area contributed by atoms with Crippen LogP contribution in [-0.4, -0.2) is 24.5 Å². The summed E-state index contributed by atoms with van der Waals surface area (Å²) in [6.07, 6.45) is -3.55. The molecule has 1 aromatic carbocycles. The Morgan fingerprint density at radius 1 is 1.37 bits per heavy atom. The van der Waals surface area contributed by atoms with E-state index in [4.69, 9.17) is 0 Å². The van der Waals surface area contributed by atoms with Crippen LogP contribution >= 0.6 is 0 Å². The van der Waals surface area contributed by atoms with Crippen LogP contribution in [0.3, 0.4) is 0 Å². The van der Waals surface area contributed by atoms with Crippen molar-refractivity contribution in [2.75, 3.05) is 18.9 Å². The topological polar surface area (TPSA) is 32.3 Å². The second kappa shape index (κ2) is 5.95. The molecule has 0 spiro atoms. The first kappa shape index (κ1) is 15.3. The normalized spacial score (nSPS) is 11.3. The number of anilines is 1. The molecule has 0 aliphatic rings. The zero-order chi connectivity index (χ0) is 14.6. The van der Waals surface area contributed by atoms with Crippen molar-refractivity contribution >= 4 is 11.7 Å². The maximum atomic E-state index is 12.5.